The number of nitrogens with zero attached hydrogens (tertiary/aromatic N) is 1. The monoisotopic (exact) mass is 253 g/mol. The lowest BCUT2D eigenvalue weighted by Crippen LogP contribution is -2.26. The van der Waals surface area contributed by atoms with Gasteiger partial charge in [-0.1, -0.05) is 37.1 Å². The van der Waals surface area contributed by atoms with Crippen molar-refractivity contribution in [3.8, 4) is 0 Å². The fraction of sp³-hybridized carbons (Fsp3) is 0.867. The molecule has 0 aliphatic heterocycles. The fourth-order valence-electron chi connectivity index (χ4n) is 2.59. The van der Waals surface area contributed by atoms with Crippen LogP contribution < -0.4 is 0 Å². The summed E-state index contributed by atoms with van der Waals surface area (Å²) < 4.78 is 0. The summed E-state index contributed by atoms with van der Waals surface area (Å²) in [5.41, 5.74) is -1.04. The Hall–Kier alpha value is -0.700. The van der Waals surface area contributed by atoms with E-state index < -0.39 is 11.1 Å². The van der Waals surface area contributed by atoms with Gasteiger partial charge in [0.1, 0.15) is 5.54 Å². The fourth-order valence-corrected chi connectivity index (χ4v) is 2.59. The first-order chi connectivity index (χ1) is 8.26. The molecule has 0 bridgehead atoms. The molecule has 1 rings (SSSR count). The summed E-state index contributed by atoms with van der Waals surface area (Å²) in [6, 6.07) is 0. The Morgan fingerprint density at radius 3 is 2.67 bits per heavy atom. The second-order valence-electron chi connectivity index (χ2n) is 6.69. The molecule has 3 unspecified atom stereocenters. The Balaban J connectivity index is 2.38. The van der Waals surface area contributed by atoms with Crippen molar-refractivity contribution in [3.63, 3.8) is 0 Å². The van der Waals surface area contributed by atoms with Gasteiger partial charge in [0.2, 0.25) is 0 Å². The second-order valence-corrected chi connectivity index (χ2v) is 6.69. The predicted molar refractivity (Wildman–Crippen MR) is 75.4 cm³/mol. The molecule has 0 aromatic carbocycles. The standard InChI is InChI=1S/C15H27NO2/c1-12(6-5-9-14(2,3)17)13-7-10-15(4,16-18)11-8-13/h7,10,12-13,17H,5-6,8-9,11H2,1-4H3. The van der Waals surface area contributed by atoms with Crippen molar-refractivity contribution in [2.75, 3.05) is 0 Å². The maximum absolute atomic E-state index is 10.7. The number of nitroso groups, excluding NO2 is 1. The minimum Gasteiger partial charge on any atom is -0.390 e. The summed E-state index contributed by atoms with van der Waals surface area (Å²) in [5.74, 6) is 1.17. The van der Waals surface area contributed by atoms with Crippen molar-refractivity contribution in [2.24, 2.45) is 17.0 Å². The van der Waals surface area contributed by atoms with Gasteiger partial charge in [0.25, 0.3) is 0 Å². The van der Waals surface area contributed by atoms with Crippen LogP contribution in [-0.4, -0.2) is 16.2 Å². The molecule has 0 aromatic rings. The Morgan fingerprint density at radius 1 is 1.56 bits per heavy atom. The van der Waals surface area contributed by atoms with Crippen LogP contribution in [0.4, 0.5) is 0 Å². The normalized spacial score (nSPS) is 30.2. The molecule has 18 heavy (non-hydrogen) atoms. The highest BCUT2D eigenvalue weighted by molar-refractivity contribution is 5.10. The SMILES string of the molecule is CC(CCCC(C)(C)O)C1C=CC(C)(N=O)CC1. The van der Waals surface area contributed by atoms with Gasteiger partial charge in [0.15, 0.2) is 0 Å². The zero-order chi connectivity index (χ0) is 13.8. The Kier molecular flexibility index (Phi) is 5.09. The summed E-state index contributed by atoms with van der Waals surface area (Å²) in [6.07, 6.45) is 9.07. The maximum Gasteiger partial charge on any atom is 0.118 e. The van der Waals surface area contributed by atoms with Crippen LogP contribution in [0.15, 0.2) is 17.3 Å². The number of hydrogen-bond acceptors (Lipinski definition) is 3. The van der Waals surface area contributed by atoms with Crippen molar-refractivity contribution in [2.45, 2.75) is 70.9 Å². The van der Waals surface area contributed by atoms with Crippen LogP contribution in [0.2, 0.25) is 0 Å². The molecule has 104 valence electrons. The van der Waals surface area contributed by atoms with Crippen LogP contribution in [0, 0.1) is 16.7 Å². The molecule has 3 heteroatoms. The van der Waals surface area contributed by atoms with Crippen LogP contribution in [0.5, 0.6) is 0 Å². The highest BCUT2D eigenvalue weighted by Gasteiger charge is 2.29. The molecule has 0 spiro atoms. The Labute approximate surface area is 111 Å². The van der Waals surface area contributed by atoms with Gasteiger partial charge in [0.05, 0.1) is 5.60 Å². The molecular formula is C15H27NO2. The van der Waals surface area contributed by atoms with Crippen LogP contribution >= 0.6 is 0 Å². The van der Waals surface area contributed by atoms with Crippen LogP contribution in [0.25, 0.3) is 0 Å². The van der Waals surface area contributed by atoms with Crippen molar-refractivity contribution < 1.29 is 5.11 Å². The number of aliphatic hydroxyl groups is 1. The molecule has 3 atom stereocenters. The molecule has 0 amide bonds. The molecule has 0 fully saturated rings. The zero-order valence-electron chi connectivity index (χ0n) is 12.1. The number of rotatable bonds is 6. The van der Waals surface area contributed by atoms with E-state index in [1.807, 2.05) is 26.8 Å². The van der Waals surface area contributed by atoms with E-state index in [0.717, 1.165) is 32.1 Å². The molecule has 1 aliphatic carbocycles. The highest BCUT2D eigenvalue weighted by Crippen LogP contribution is 2.34. The van der Waals surface area contributed by atoms with Crippen molar-refractivity contribution >= 4 is 0 Å². The van der Waals surface area contributed by atoms with Crippen molar-refractivity contribution in [3.05, 3.63) is 17.1 Å². The first kappa shape index (κ1) is 15.4. The van der Waals surface area contributed by atoms with Crippen LogP contribution in [0.3, 0.4) is 0 Å². The summed E-state index contributed by atoms with van der Waals surface area (Å²) >= 11 is 0. The predicted octanol–water partition coefficient (Wildman–Crippen LogP) is 4.06. The largest absolute Gasteiger partial charge is 0.390 e. The van der Waals surface area contributed by atoms with Crippen molar-refractivity contribution in [1.82, 2.24) is 0 Å². The topological polar surface area (TPSA) is 49.7 Å². The van der Waals surface area contributed by atoms with Crippen molar-refractivity contribution in [1.29, 1.82) is 0 Å². The lowest BCUT2D eigenvalue weighted by atomic mass is 9.77. The van der Waals surface area contributed by atoms with E-state index in [1.54, 1.807) is 0 Å². The van der Waals surface area contributed by atoms with E-state index in [-0.39, 0.29) is 0 Å². The molecule has 1 N–H and O–H groups in total. The summed E-state index contributed by atoms with van der Waals surface area (Å²) in [7, 11) is 0. The van der Waals surface area contributed by atoms with Gasteiger partial charge < -0.3 is 5.11 Å². The summed E-state index contributed by atoms with van der Waals surface area (Å²) in [4.78, 5) is 10.7. The van der Waals surface area contributed by atoms with Gasteiger partial charge in [-0.25, -0.2) is 0 Å². The van der Waals surface area contributed by atoms with E-state index in [1.165, 1.54) is 0 Å². The minimum absolute atomic E-state index is 0.483. The minimum atomic E-state index is -0.553. The lowest BCUT2D eigenvalue weighted by molar-refractivity contribution is 0.0662. The van der Waals surface area contributed by atoms with E-state index in [9.17, 15) is 10.0 Å². The molecular weight excluding hydrogens is 226 g/mol. The smallest absolute Gasteiger partial charge is 0.118 e. The molecule has 0 saturated carbocycles. The highest BCUT2D eigenvalue weighted by atomic mass is 16.3. The number of allylic oxidation sites excluding steroid dienone is 1. The average Bonchev–Trinajstić information content (AvgIpc) is 2.28. The Morgan fingerprint density at radius 2 is 2.22 bits per heavy atom. The van der Waals surface area contributed by atoms with E-state index >= 15 is 0 Å². The molecule has 3 nitrogen and oxygen atoms in total. The van der Waals surface area contributed by atoms with Gasteiger partial charge in [-0.15, -0.1) is 4.91 Å². The van der Waals surface area contributed by atoms with E-state index in [2.05, 4.69) is 18.2 Å². The van der Waals surface area contributed by atoms with Gasteiger partial charge >= 0.3 is 0 Å². The molecule has 0 saturated heterocycles. The zero-order valence-corrected chi connectivity index (χ0v) is 12.1. The molecule has 0 aromatic heterocycles. The van der Waals surface area contributed by atoms with Gasteiger partial charge in [0, 0.05) is 0 Å². The number of hydrogen-bond donors (Lipinski definition) is 1. The summed E-state index contributed by atoms with van der Waals surface area (Å²) in [5, 5.41) is 12.9. The third-order valence-corrected chi connectivity index (χ3v) is 4.07. The molecule has 0 heterocycles. The summed E-state index contributed by atoms with van der Waals surface area (Å²) in [6.45, 7) is 7.88. The third kappa shape index (κ3) is 4.89. The van der Waals surface area contributed by atoms with E-state index in [0.29, 0.717) is 11.8 Å². The Bertz CT molecular complexity index is 306. The first-order valence-electron chi connectivity index (χ1n) is 7.02. The van der Waals surface area contributed by atoms with Crippen LogP contribution in [0.1, 0.15) is 59.8 Å². The van der Waals surface area contributed by atoms with Gasteiger partial charge in [-0.2, -0.15) is 0 Å². The second kappa shape index (κ2) is 5.96. The lowest BCUT2D eigenvalue weighted by Gasteiger charge is -2.30. The quantitative estimate of drug-likeness (QED) is 0.573. The van der Waals surface area contributed by atoms with Gasteiger partial charge in [-0.05, 0) is 51.9 Å². The average molecular weight is 253 g/mol. The maximum atomic E-state index is 10.7. The molecule has 1 aliphatic rings. The first-order valence-corrected chi connectivity index (χ1v) is 7.02. The van der Waals surface area contributed by atoms with Crippen LogP contribution in [-0.2, 0) is 0 Å². The van der Waals surface area contributed by atoms with Gasteiger partial charge in [-0.3, -0.25) is 0 Å². The van der Waals surface area contributed by atoms with E-state index in [4.69, 9.17) is 0 Å². The third-order valence-electron chi connectivity index (χ3n) is 4.07. The molecule has 0 radical (unpaired) electrons.